The normalized spacial score (nSPS) is 10.7. The van der Waals surface area contributed by atoms with E-state index in [1.165, 1.54) is 23.7 Å². The van der Waals surface area contributed by atoms with Crippen LogP contribution in [0.5, 0.6) is 0 Å². The first kappa shape index (κ1) is 16.1. The summed E-state index contributed by atoms with van der Waals surface area (Å²) >= 11 is 1.34. The number of para-hydroxylation sites is 1. The molecule has 1 amide bonds. The number of benzene rings is 2. The molecule has 26 heavy (non-hydrogen) atoms. The van der Waals surface area contributed by atoms with Gasteiger partial charge >= 0.3 is 0 Å². The van der Waals surface area contributed by atoms with Gasteiger partial charge in [-0.2, -0.15) is 5.10 Å². The molecule has 0 unspecified atom stereocenters. The molecule has 0 atom stereocenters. The van der Waals surface area contributed by atoms with Gasteiger partial charge in [0.05, 0.1) is 11.4 Å². The van der Waals surface area contributed by atoms with Crippen LogP contribution in [0.1, 0.15) is 10.6 Å². The number of hydrogen-bond donors (Lipinski definition) is 2. The topological polar surface area (TPSA) is 83.6 Å². The molecule has 6 nitrogen and oxygen atoms in total. The second kappa shape index (κ2) is 6.85. The van der Waals surface area contributed by atoms with Crippen molar-refractivity contribution in [3.8, 4) is 21.8 Å². The second-order valence-corrected chi connectivity index (χ2v) is 6.21. The number of aromatic amines is 1. The van der Waals surface area contributed by atoms with Gasteiger partial charge in [0.15, 0.2) is 0 Å². The molecule has 2 N–H and O–H groups in total. The summed E-state index contributed by atoms with van der Waals surface area (Å²) in [5.74, 6) is -0.607. The lowest BCUT2D eigenvalue weighted by atomic mass is 10.1. The average Bonchev–Trinajstić information content (AvgIpc) is 3.35. The summed E-state index contributed by atoms with van der Waals surface area (Å²) in [6, 6.07) is 13.8. The molecule has 4 rings (SSSR count). The van der Waals surface area contributed by atoms with Gasteiger partial charge in [0.1, 0.15) is 17.2 Å². The van der Waals surface area contributed by atoms with E-state index in [9.17, 15) is 9.18 Å². The van der Waals surface area contributed by atoms with Crippen LogP contribution in [0.3, 0.4) is 0 Å². The van der Waals surface area contributed by atoms with Gasteiger partial charge in [0.2, 0.25) is 5.82 Å². The smallest absolute Gasteiger partial charge is 0.292 e. The lowest BCUT2D eigenvalue weighted by Gasteiger charge is -2.08. The monoisotopic (exact) mass is 365 g/mol. The summed E-state index contributed by atoms with van der Waals surface area (Å²) in [5, 5.41) is 11.4. The number of thiazole rings is 1. The van der Waals surface area contributed by atoms with Gasteiger partial charge in [-0.15, -0.1) is 11.3 Å². The van der Waals surface area contributed by atoms with E-state index in [2.05, 4.69) is 25.5 Å². The largest absolute Gasteiger partial charge is 0.319 e. The fourth-order valence-electron chi connectivity index (χ4n) is 2.47. The Kier molecular flexibility index (Phi) is 4.24. The van der Waals surface area contributed by atoms with E-state index < -0.39 is 5.91 Å². The molecule has 0 bridgehead atoms. The second-order valence-electron chi connectivity index (χ2n) is 5.35. The van der Waals surface area contributed by atoms with Crippen molar-refractivity contribution in [2.45, 2.75) is 0 Å². The molecule has 0 aliphatic rings. The van der Waals surface area contributed by atoms with E-state index in [4.69, 9.17) is 0 Å². The third-order valence-corrected chi connectivity index (χ3v) is 4.57. The predicted molar refractivity (Wildman–Crippen MR) is 97.3 cm³/mol. The van der Waals surface area contributed by atoms with Gasteiger partial charge in [-0.3, -0.25) is 9.89 Å². The molecule has 0 aliphatic heterocycles. The number of aromatic nitrogens is 4. The van der Waals surface area contributed by atoms with Crippen molar-refractivity contribution >= 4 is 22.9 Å². The lowest BCUT2D eigenvalue weighted by molar-refractivity contribution is 0.101. The molecule has 2 aromatic heterocycles. The summed E-state index contributed by atoms with van der Waals surface area (Å²) in [6.45, 7) is 0. The molecular formula is C18H12FN5OS. The fraction of sp³-hybridized carbons (Fsp3) is 0. The highest BCUT2D eigenvalue weighted by Gasteiger charge is 2.15. The van der Waals surface area contributed by atoms with Gasteiger partial charge < -0.3 is 5.32 Å². The minimum Gasteiger partial charge on any atom is -0.319 e. The van der Waals surface area contributed by atoms with Crippen LogP contribution in [-0.2, 0) is 0 Å². The number of amides is 1. The third-order valence-electron chi connectivity index (χ3n) is 3.69. The van der Waals surface area contributed by atoms with Crippen LogP contribution in [0, 0.1) is 5.82 Å². The molecule has 0 spiro atoms. The van der Waals surface area contributed by atoms with Crippen molar-refractivity contribution in [3.05, 3.63) is 71.9 Å². The number of anilines is 1. The molecule has 0 radical (unpaired) electrons. The summed E-state index contributed by atoms with van der Waals surface area (Å²) in [4.78, 5) is 20.6. The average molecular weight is 365 g/mol. The Morgan fingerprint density at radius 3 is 2.62 bits per heavy atom. The number of rotatable bonds is 4. The Bertz CT molecular complexity index is 1060. The van der Waals surface area contributed by atoms with E-state index in [0.29, 0.717) is 22.0 Å². The maximum atomic E-state index is 14.0. The summed E-state index contributed by atoms with van der Waals surface area (Å²) < 4.78 is 14.0. The molecule has 2 aromatic carbocycles. The number of H-pyrrole nitrogens is 1. The highest BCUT2D eigenvalue weighted by Crippen LogP contribution is 2.33. The molecule has 8 heteroatoms. The Morgan fingerprint density at radius 2 is 1.85 bits per heavy atom. The molecular weight excluding hydrogens is 353 g/mol. The predicted octanol–water partition coefficient (Wildman–Crippen LogP) is 3.99. The van der Waals surface area contributed by atoms with Gasteiger partial charge in [-0.25, -0.2) is 14.4 Å². The molecule has 4 aromatic rings. The number of hydrogen-bond acceptors (Lipinski definition) is 5. The minimum absolute atomic E-state index is 0.116. The Labute approximate surface area is 151 Å². The molecule has 0 fully saturated rings. The Morgan fingerprint density at radius 1 is 1.08 bits per heavy atom. The van der Waals surface area contributed by atoms with Crippen molar-refractivity contribution < 1.29 is 9.18 Å². The van der Waals surface area contributed by atoms with Crippen LogP contribution in [0.4, 0.5) is 10.1 Å². The van der Waals surface area contributed by atoms with Gasteiger partial charge in [0, 0.05) is 16.5 Å². The molecule has 0 aliphatic carbocycles. The molecule has 0 saturated heterocycles. The SMILES string of the molecule is O=C(Nc1ccccc1-c1csc(-c2ccccc2F)n1)c1ncn[nH]1. The zero-order chi connectivity index (χ0) is 17.9. The fourth-order valence-corrected chi connectivity index (χ4v) is 3.31. The molecule has 0 saturated carbocycles. The zero-order valence-electron chi connectivity index (χ0n) is 13.3. The van der Waals surface area contributed by atoms with E-state index >= 15 is 0 Å². The standard InChI is InChI=1S/C18H12FN5OS/c19-13-7-3-1-5-11(13)18-23-15(9-26-18)12-6-2-4-8-14(12)22-17(25)16-20-10-21-24-16/h1-10H,(H,22,25)(H,20,21,24). The first-order chi connectivity index (χ1) is 12.7. The highest BCUT2D eigenvalue weighted by molar-refractivity contribution is 7.13. The van der Waals surface area contributed by atoms with Crippen molar-refractivity contribution in [3.63, 3.8) is 0 Å². The minimum atomic E-state index is -0.403. The number of carbonyl (C=O) groups excluding carboxylic acids is 1. The van der Waals surface area contributed by atoms with Crippen LogP contribution < -0.4 is 5.32 Å². The number of halogens is 1. The van der Waals surface area contributed by atoms with Gasteiger partial charge in [0.25, 0.3) is 5.91 Å². The van der Waals surface area contributed by atoms with Crippen LogP contribution in [0.2, 0.25) is 0 Å². The third kappa shape index (κ3) is 3.09. The number of nitrogens with one attached hydrogen (secondary N) is 2. The quantitative estimate of drug-likeness (QED) is 0.573. The number of nitrogens with zero attached hydrogens (tertiary/aromatic N) is 3. The van der Waals surface area contributed by atoms with Crippen molar-refractivity contribution in [2.24, 2.45) is 0 Å². The van der Waals surface area contributed by atoms with Gasteiger partial charge in [-0.1, -0.05) is 30.3 Å². The number of carbonyl (C=O) groups is 1. The Balaban J connectivity index is 1.67. The molecule has 2 heterocycles. The van der Waals surface area contributed by atoms with Crippen molar-refractivity contribution in [1.29, 1.82) is 0 Å². The summed E-state index contributed by atoms with van der Waals surface area (Å²) in [6.07, 6.45) is 1.27. The van der Waals surface area contributed by atoms with Crippen LogP contribution in [-0.4, -0.2) is 26.1 Å². The molecule has 128 valence electrons. The van der Waals surface area contributed by atoms with Crippen LogP contribution in [0.25, 0.3) is 21.8 Å². The van der Waals surface area contributed by atoms with Crippen molar-refractivity contribution in [2.75, 3.05) is 5.32 Å². The van der Waals surface area contributed by atoms with E-state index in [0.717, 1.165) is 5.56 Å². The first-order valence-electron chi connectivity index (χ1n) is 7.69. The zero-order valence-corrected chi connectivity index (χ0v) is 14.1. The van der Waals surface area contributed by atoms with Crippen LogP contribution >= 0.6 is 11.3 Å². The van der Waals surface area contributed by atoms with E-state index in [1.54, 1.807) is 24.3 Å². The maximum Gasteiger partial charge on any atom is 0.292 e. The maximum absolute atomic E-state index is 14.0. The summed E-state index contributed by atoms with van der Waals surface area (Å²) in [7, 11) is 0. The van der Waals surface area contributed by atoms with E-state index in [-0.39, 0.29) is 11.6 Å². The summed E-state index contributed by atoms with van der Waals surface area (Å²) in [5.41, 5.74) is 2.42. The van der Waals surface area contributed by atoms with Crippen molar-refractivity contribution in [1.82, 2.24) is 20.2 Å². The van der Waals surface area contributed by atoms with Gasteiger partial charge in [-0.05, 0) is 18.2 Å². The Hall–Kier alpha value is -3.39. The lowest BCUT2D eigenvalue weighted by Crippen LogP contribution is -2.14. The first-order valence-corrected chi connectivity index (χ1v) is 8.57. The highest BCUT2D eigenvalue weighted by atomic mass is 32.1. The van der Waals surface area contributed by atoms with Crippen LogP contribution in [0.15, 0.2) is 60.2 Å². The van der Waals surface area contributed by atoms with E-state index in [1.807, 2.05) is 23.6 Å².